The fraction of sp³-hybridized carbons (Fsp3) is 0.353. The molecule has 3 amide bonds. The number of hydrazine groups is 1. The summed E-state index contributed by atoms with van der Waals surface area (Å²) in [5, 5.41) is 13.7. The number of piperidine rings is 1. The van der Waals surface area contributed by atoms with Crippen LogP contribution in [0, 0.1) is 16.0 Å². The summed E-state index contributed by atoms with van der Waals surface area (Å²) < 4.78 is 5.03. The van der Waals surface area contributed by atoms with Gasteiger partial charge in [-0.15, -0.1) is 0 Å². The molecule has 0 radical (unpaired) electrons. The summed E-state index contributed by atoms with van der Waals surface area (Å²) in [5.41, 5.74) is 3.08. The number of urea groups is 1. The van der Waals surface area contributed by atoms with Gasteiger partial charge in [0.05, 0.1) is 18.1 Å². The van der Waals surface area contributed by atoms with Gasteiger partial charge >= 0.3 is 12.0 Å². The number of benzene rings is 3. The highest BCUT2D eigenvalue weighted by molar-refractivity contribution is 6.08. The van der Waals surface area contributed by atoms with Crippen LogP contribution in [0.15, 0.2) is 89.9 Å². The Morgan fingerprint density at radius 1 is 1.02 bits per heavy atom. The molecule has 1 saturated heterocycles. The normalized spacial score (nSPS) is 19.8. The van der Waals surface area contributed by atoms with Gasteiger partial charge in [0.15, 0.2) is 0 Å². The van der Waals surface area contributed by atoms with E-state index in [0.717, 1.165) is 25.9 Å². The van der Waals surface area contributed by atoms with E-state index in [4.69, 9.17) is 4.74 Å². The van der Waals surface area contributed by atoms with Crippen LogP contribution in [0.1, 0.15) is 48.9 Å². The van der Waals surface area contributed by atoms with Gasteiger partial charge in [0, 0.05) is 29.8 Å². The van der Waals surface area contributed by atoms with Crippen molar-refractivity contribution in [3.8, 4) is 0 Å². The molecule has 2 atom stereocenters. The van der Waals surface area contributed by atoms with E-state index >= 15 is 0 Å². The number of carbonyl (C=O) groups is 3. The maximum Gasteiger partial charge on any atom is 0.362 e. The molecule has 45 heavy (non-hydrogen) atoms. The van der Waals surface area contributed by atoms with E-state index in [1.165, 1.54) is 52.5 Å². The number of esters is 1. The molecule has 2 aliphatic rings. The van der Waals surface area contributed by atoms with Crippen molar-refractivity contribution in [3.05, 3.63) is 112 Å². The lowest BCUT2D eigenvalue weighted by Crippen LogP contribution is -2.54. The molecule has 11 heteroatoms. The standard InChI is InChI=1S/C34H37N5O6/c1-25-30(32(41)45-2)31(26-14-16-29(17-15-26)39(43)44)38(33(42)35-25)37(24-40)21-9-20-36-22-18-34(19-23-36,27-10-5-3-6-11-27)28-12-7-4-8-13-28/h3-8,10-17,24,30-31H,9,18-23H2,1-2H3. The fourth-order valence-electron chi connectivity index (χ4n) is 6.67. The van der Waals surface area contributed by atoms with Gasteiger partial charge in [0.25, 0.3) is 5.69 Å². The van der Waals surface area contributed by atoms with E-state index in [-0.39, 0.29) is 23.4 Å². The minimum Gasteiger partial charge on any atom is -0.468 e. The predicted molar refractivity (Wildman–Crippen MR) is 168 cm³/mol. The monoisotopic (exact) mass is 611 g/mol. The Labute approximate surface area is 262 Å². The van der Waals surface area contributed by atoms with Crippen LogP contribution in [0.4, 0.5) is 10.5 Å². The number of aliphatic imine (C=N–C) groups is 1. The molecular weight excluding hydrogens is 574 g/mol. The van der Waals surface area contributed by atoms with E-state index in [2.05, 4.69) is 58.4 Å². The van der Waals surface area contributed by atoms with Gasteiger partial charge in [-0.3, -0.25) is 24.7 Å². The van der Waals surface area contributed by atoms with E-state index in [0.29, 0.717) is 24.9 Å². The van der Waals surface area contributed by atoms with Crippen molar-refractivity contribution in [2.75, 3.05) is 33.3 Å². The number of nitrogens with zero attached hydrogens (tertiary/aromatic N) is 5. The maximum absolute atomic E-state index is 13.3. The maximum atomic E-state index is 13.3. The second-order valence-electron chi connectivity index (χ2n) is 11.5. The van der Waals surface area contributed by atoms with Gasteiger partial charge in [0.1, 0.15) is 5.92 Å². The number of hydrogen-bond acceptors (Lipinski definition) is 7. The van der Waals surface area contributed by atoms with Crippen molar-refractivity contribution in [3.63, 3.8) is 0 Å². The number of nitro benzene ring substituents is 1. The molecule has 3 aromatic rings. The van der Waals surface area contributed by atoms with Gasteiger partial charge in [-0.1, -0.05) is 72.8 Å². The van der Waals surface area contributed by atoms with E-state index in [1.807, 2.05) is 12.1 Å². The van der Waals surface area contributed by atoms with Crippen LogP contribution < -0.4 is 0 Å². The number of amides is 3. The van der Waals surface area contributed by atoms with Crippen LogP contribution in [0.25, 0.3) is 0 Å². The Morgan fingerprint density at radius 3 is 2.11 bits per heavy atom. The van der Waals surface area contributed by atoms with Crippen molar-refractivity contribution >= 4 is 29.8 Å². The minimum absolute atomic E-state index is 0.0786. The zero-order valence-electron chi connectivity index (χ0n) is 25.5. The molecule has 234 valence electrons. The Hall–Kier alpha value is -4.90. The molecule has 3 aromatic carbocycles. The largest absolute Gasteiger partial charge is 0.468 e. The Morgan fingerprint density at radius 2 is 1.60 bits per heavy atom. The van der Waals surface area contributed by atoms with Gasteiger partial charge in [-0.05, 0) is 62.5 Å². The van der Waals surface area contributed by atoms with Crippen LogP contribution >= 0.6 is 0 Å². The summed E-state index contributed by atoms with van der Waals surface area (Å²) in [6.45, 7) is 4.21. The predicted octanol–water partition coefficient (Wildman–Crippen LogP) is 5.17. The van der Waals surface area contributed by atoms with Crippen molar-refractivity contribution < 1.29 is 24.0 Å². The summed E-state index contributed by atoms with van der Waals surface area (Å²) in [6, 6.07) is 25.1. The zero-order chi connectivity index (χ0) is 32.0. The van der Waals surface area contributed by atoms with Crippen molar-refractivity contribution in [1.82, 2.24) is 14.9 Å². The van der Waals surface area contributed by atoms with Gasteiger partial charge < -0.3 is 9.64 Å². The first kappa shape index (κ1) is 31.5. The van der Waals surface area contributed by atoms with Crippen LogP contribution in [0.5, 0.6) is 0 Å². The number of nitro groups is 1. The smallest absolute Gasteiger partial charge is 0.362 e. The third-order valence-electron chi connectivity index (χ3n) is 9.02. The number of ether oxygens (including phenoxy) is 1. The topological polar surface area (TPSA) is 126 Å². The Balaban J connectivity index is 1.31. The number of rotatable bonds is 11. The quantitative estimate of drug-likeness (QED) is 0.127. The summed E-state index contributed by atoms with van der Waals surface area (Å²) >= 11 is 0. The van der Waals surface area contributed by atoms with Crippen LogP contribution in [-0.2, 0) is 19.7 Å². The Bertz CT molecular complexity index is 1500. The average molecular weight is 612 g/mol. The first-order valence-corrected chi connectivity index (χ1v) is 15.0. The highest BCUT2D eigenvalue weighted by Gasteiger charge is 2.45. The first-order chi connectivity index (χ1) is 21.8. The molecule has 0 aromatic heterocycles. The summed E-state index contributed by atoms with van der Waals surface area (Å²) in [7, 11) is 1.24. The molecular formula is C34H37N5O6. The Kier molecular flexibility index (Phi) is 9.68. The first-order valence-electron chi connectivity index (χ1n) is 15.0. The number of carbonyl (C=O) groups excluding carboxylic acids is 3. The number of non-ortho nitro benzene ring substituents is 1. The lowest BCUT2D eigenvalue weighted by Gasteiger charge is -2.44. The molecule has 2 unspecified atom stereocenters. The number of methoxy groups -OCH3 is 1. The van der Waals surface area contributed by atoms with E-state index in [1.54, 1.807) is 6.92 Å². The van der Waals surface area contributed by atoms with Crippen LogP contribution in [-0.4, -0.2) is 77.3 Å². The lowest BCUT2D eigenvalue weighted by molar-refractivity contribution is -0.384. The fourth-order valence-corrected chi connectivity index (χ4v) is 6.67. The molecule has 0 saturated carbocycles. The van der Waals surface area contributed by atoms with E-state index in [9.17, 15) is 24.5 Å². The second kappa shape index (κ2) is 13.8. The number of hydrogen-bond donors (Lipinski definition) is 0. The third kappa shape index (κ3) is 6.48. The molecule has 5 rings (SSSR count). The highest BCUT2D eigenvalue weighted by Crippen LogP contribution is 2.42. The third-order valence-corrected chi connectivity index (χ3v) is 9.02. The van der Waals surface area contributed by atoms with Gasteiger partial charge in [-0.25, -0.2) is 14.8 Å². The van der Waals surface area contributed by atoms with Gasteiger partial charge in [-0.2, -0.15) is 0 Å². The van der Waals surface area contributed by atoms with Gasteiger partial charge in [0.2, 0.25) is 6.41 Å². The summed E-state index contributed by atoms with van der Waals surface area (Å²) in [5.74, 6) is -1.63. The van der Waals surface area contributed by atoms with Crippen molar-refractivity contribution in [2.45, 2.75) is 37.6 Å². The average Bonchev–Trinajstić information content (AvgIpc) is 3.07. The molecule has 0 N–H and O–H groups in total. The summed E-state index contributed by atoms with van der Waals surface area (Å²) in [4.78, 5) is 55.8. The zero-order valence-corrected chi connectivity index (χ0v) is 25.5. The van der Waals surface area contributed by atoms with Crippen molar-refractivity contribution in [2.24, 2.45) is 10.9 Å². The van der Waals surface area contributed by atoms with E-state index < -0.39 is 28.9 Å². The second-order valence-corrected chi connectivity index (χ2v) is 11.5. The molecule has 11 nitrogen and oxygen atoms in total. The van der Waals surface area contributed by atoms with Crippen LogP contribution in [0.2, 0.25) is 0 Å². The summed E-state index contributed by atoms with van der Waals surface area (Å²) in [6.07, 6.45) is 3.03. The highest BCUT2D eigenvalue weighted by atomic mass is 16.6. The molecule has 2 heterocycles. The molecule has 0 spiro atoms. The minimum atomic E-state index is -0.997. The molecule has 2 aliphatic heterocycles. The number of likely N-dealkylation sites (tertiary alicyclic amines) is 1. The van der Waals surface area contributed by atoms with Crippen LogP contribution in [0.3, 0.4) is 0 Å². The molecule has 1 fully saturated rings. The van der Waals surface area contributed by atoms with Crippen molar-refractivity contribution in [1.29, 1.82) is 0 Å². The SMILES string of the molecule is COC(=O)C1C(C)=NC(=O)N(N(C=O)CCCN2CCC(c3ccccc3)(c3ccccc3)CC2)C1c1ccc([N+](=O)[O-])cc1. The molecule has 0 aliphatic carbocycles. The lowest BCUT2D eigenvalue weighted by atomic mass is 9.68. The molecule has 0 bridgehead atoms.